The Labute approximate surface area is 226 Å². The fourth-order valence-electron chi connectivity index (χ4n) is 4.01. The molecule has 0 saturated heterocycles. The van der Waals surface area contributed by atoms with Crippen molar-refractivity contribution in [3.8, 4) is 0 Å². The lowest BCUT2D eigenvalue weighted by atomic mass is 10.1. The molecule has 0 spiro atoms. The number of rotatable bonds is 11. The summed E-state index contributed by atoms with van der Waals surface area (Å²) >= 11 is 0. The average Bonchev–Trinajstić information content (AvgIpc) is 2.91. The highest BCUT2D eigenvalue weighted by Crippen LogP contribution is 2.27. The van der Waals surface area contributed by atoms with E-state index in [4.69, 9.17) is 0 Å². The zero-order valence-electron chi connectivity index (χ0n) is 22.7. The molecule has 2 amide bonds. The van der Waals surface area contributed by atoms with Gasteiger partial charge in [0, 0.05) is 12.6 Å². The van der Waals surface area contributed by atoms with E-state index in [1.807, 2.05) is 51.1 Å². The zero-order chi connectivity index (χ0) is 27.9. The predicted octanol–water partition coefficient (Wildman–Crippen LogP) is 4.83. The highest BCUT2D eigenvalue weighted by Gasteiger charge is 2.33. The van der Waals surface area contributed by atoms with Crippen molar-refractivity contribution in [3.05, 3.63) is 95.6 Å². The number of carbonyl (C=O) groups excluding carboxylic acids is 2. The van der Waals surface area contributed by atoms with Crippen LogP contribution < -0.4 is 9.62 Å². The summed E-state index contributed by atoms with van der Waals surface area (Å²) in [6, 6.07) is 22.0. The van der Waals surface area contributed by atoms with Crippen molar-refractivity contribution >= 4 is 27.5 Å². The molecule has 202 valence electrons. The molecular formula is C30H37N3O4S. The van der Waals surface area contributed by atoms with Crippen LogP contribution in [0.25, 0.3) is 0 Å². The number of hydrogen-bond donors (Lipinski definition) is 1. The molecule has 0 radical (unpaired) electrons. The maximum atomic E-state index is 13.9. The fraction of sp³-hybridized carbons (Fsp3) is 0.333. The smallest absolute Gasteiger partial charge is 0.264 e. The topological polar surface area (TPSA) is 86.8 Å². The molecule has 8 heteroatoms. The first-order valence-electron chi connectivity index (χ1n) is 12.8. The van der Waals surface area contributed by atoms with Crippen LogP contribution in [0.15, 0.2) is 83.8 Å². The van der Waals surface area contributed by atoms with Gasteiger partial charge in [-0.3, -0.25) is 13.9 Å². The Hall–Kier alpha value is -3.65. The van der Waals surface area contributed by atoms with Crippen molar-refractivity contribution in [3.63, 3.8) is 0 Å². The summed E-state index contributed by atoms with van der Waals surface area (Å²) in [6.07, 6.45) is 0.751. The van der Waals surface area contributed by atoms with Crippen LogP contribution in [-0.4, -0.2) is 43.8 Å². The molecule has 0 aliphatic carbocycles. The molecule has 3 aromatic carbocycles. The van der Waals surface area contributed by atoms with E-state index in [-0.39, 0.29) is 23.4 Å². The van der Waals surface area contributed by atoms with Gasteiger partial charge < -0.3 is 10.2 Å². The number of carbonyl (C=O) groups is 2. The summed E-state index contributed by atoms with van der Waals surface area (Å²) in [5.41, 5.74) is 3.05. The quantitative estimate of drug-likeness (QED) is 0.381. The van der Waals surface area contributed by atoms with Gasteiger partial charge in [0.25, 0.3) is 10.0 Å². The number of nitrogens with zero attached hydrogens (tertiary/aromatic N) is 2. The third-order valence-corrected chi connectivity index (χ3v) is 8.41. The summed E-state index contributed by atoms with van der Waals surface area (Å²) < 4.78 is 28.7. The molecule has 0 saturated carbocycles. The second-order valence-electron chi connectivity index (χ2n) is 9.61. The molecule has 0 fully saturated rings. The van der Waals surface area contributed by atoms with Crippen molar-refractivity contribution in [1.29, 1.82) is 0 Å². The Kier molecular flexibility index (Phi) is 9.69. The first-order valence-corrected chi connectivity index (χ1v) is 14.3. The van der Waals surface area contributed by atoms with Crippen LogP contribution in [-0.2, 0) is 26.2 Å². The van der Waals surface area contributed by atoms with Gasteiger partial charge in [-0.2, -0.15) is 0 Å². The van der Waals surface area contributed by atoms with E-state index in [2.05, 4.69) is 5.32 Å². The molecule has 7 nitrogen and oxygen atoms in total. The summed E-state index contributed by atoms with van der Waals surface area (Å²) in [6.45, 7) is 9.05. The Balaban J connectivity index is 2.02. The standard InChI is InChI=1S/C30H37N3O4S/c1-6-24(4)31-30(35)25(5)32(20-26-18-16-22(2)17-19-26)29(34)21-33(28-15-11-10-12-23(28)3)38(36,37)27-13-8-7-9-14-27/h7-19,24-25H,6,20-21H2,1-5H3,(H,31,35)/t24-,25-/m1/s1. The first kappa shape index (κ1) is 28.9. The highest BCUT2D eigenvalue weighted by atomic mass is 32.2. The van der Waals surface area contributed by atoms with Crippen LogP contribution in [0.5, 0.6) is 0 Å². The summed E-state index contributed by atoms with van der Waals surface area (Å²) in [4.78, 5) is 28.6. The Bertz CT molecular complexity index is 1340. The Morgan fingerprint density at radius 2 is 1.47 bits per heavy atom. The monoisotopic (exact) mass is 535 g/mol. The van der Waals surface area contributed by atoms with E-state index in [0.29, 0.717) is 11.3 Å². The van der Waals surface area contributed by atoms with Crippen molar-refractivity contribution in [2.45, 2.75) is 64.6 Å². The minimum atomic E-state index is -4.07. The van der Waals surface area contributed by atoms with Crippen LogP contribution in [0.4, 0.5) is 5.69 Å². The van der Waals surface area contributed by atoms with Crippen molar-refractivity contribution in [2.24, 2.45) is 0 Å². The summed E-state index contributed by atoms with van der Waals surface area (Å²) in [5, 5.41) is 2.95. The van der Waals surface area contributed by atoms with Gasteiger partial charge in [-0.15, -0.1) is 0 Å². The van der Waals surface area contributed by atoms with E-state index in [1.165, 1.54) is 17.0 Å². The second kappa shape index (κ2) is 12.7. The van der Waals surface area contributed by atoms with Gasteiger partial charge in [0.05, 0.1) is 10.6 Å². The van der Waals surface area contributed by atoms with Crippen LogP contribution >= 0.6 is 0 Å². The average molecular weight is 536 g/mol. The third kappa shape index (κ3) is 7.01. The van der Waals surface area contributed by atoms with E-state index in [0.717, 1.165) is 21.9 Å². The number of hydrogen-bond acceptors (Lipinski definition) is 4. The number of para-hydroxylation sites is 1. The van der Waals surface area contributed by atoms with Crippen LogP contribution in [0, 0.1) is 13.8 Å². The molecule has 0 aromatic heterocycles. The van der Waals surface area contributed by atoms with E-state index in [1.54, 1.807) is 50.2 Å². The Morgan fingerprint density at radius 1 is 0.868 bits per heavy atom. The summed E-state index contributed by atoms with van der Waals surface area (Å²) in [5.74, 6) is -0.756. The molecule has 38 heavy (non-hydrogen) atoms. The minimum Gasteiger partial charge on any atom is -0.352 e. The van der Waals surface area contributed by atoms with E-state index >= 15 is 0 Å². The van der Waals surface area contributed by atoms with Crippen LogP contribution in [0.3, 0.4) is 0 Å². The normalized spacial score (nSPS) is 12.9. The van der Waals surface area contributed by atoms with Gasteiger partial charge in [-0.1, -0.05) is 73.2 Å². The van der Waals surface area contributed by atoms with Crippen molar-refractivity contribution < 1.29 is 18.0 Å². The van der Waals surface area contributed by atoms with Gasteiger partial charge in [-0.25, -0.2) is 8.42 Å². The van der Waals surface area contributed by atoms with Crippen LogP contribution in [0.1, 0.15) is 43.9 Å². The van der Waals surface area contributed by atoms with Gasteiger partial charge >= 0.3 is 0 Å². The van der Waals surface area contributed by atoms with Gasteiger partial charge in [0.2, 0.25) is 11.8 Å². The Morgan fingerprint density at radius 3 is 2.08 bits per heavy atom. The van der Waals surface area contributed by atoms with E-state index in [9.17, 15) is 18.0 Å². The lowest BCUT2D eigenvalue weighted by Crippen LogP contribution is -2.52. The number of sulfonamides is 1. The summed E-state index contributed by atoms with van der Waals surface area (Å²) in [7, 11) is -4.07. The number of amides is 2. The zero-order valence-corrected chi connectivity index (χ0v) is 23.5. The van der Waals surface area contributed by atoms with E-state index < -0.39 is 28.5 Å². The lowest BCUT2D eigenvalue weighted by molar-refractivity contribution is -0.139. The predicted molar refractivity (Wildman–Crippen MR) is 151 cm³/mol. The second-order valence-corrected chi connectivity index (χ2v) is 11.5. The van der Waals surface area contributed by atoms with Gasteiger partial charge in [0.15, 0.2) is 0 Å². The largest absolute Gasteiger partial charge is 0.352 e. The van der Waals surface area contributed by atoms with Crippen molar-refractivity contribution in [2.75, 3.05) is 10.8 Å². The lowest BCUT2D eigenvalue weighted by Gasteiger charge is -2.33. The molecule has 0 bridgehead atoms. The molecule has 3 rings (SSSR count). The molecule has 2 atom stereocenters. The van der Waals surface area contributed by atoms with Crippen molar-refractivity contribution in [1.82, 2.24) is 10.2 Å². The molecule has 0 heterocycles. The number of anilines is 1. The number of benzene rings is 3. The molecule has 3 aromatic rings. The maximum absolute atomic E-state index is 13.9. The molecule has 1 N–H and O–H groups in total. The minimum absolute atomic E-state index is 0.0526. The molecular weight excluding hydrogens is 498 g/mol. The SMILES string of the molecule is CC[C@@H](C)NC(=O)[C@@H](C)N(Cc1ccc(C)cc1)C(=O)CN(c1ccccc1C)S(=O)(=O)c1ccccc1. The molecule has 0 aliphatic heterocycles. The number of nitrogens with one attached hydrogen (secondary N) is 1. The third-order valence-electron chi connectivity index (χ3n) is 6.64. The highest BCUT2D eigenvalue weighted by molar-refractivity contribution is 7.92. The maximum Gasteiger partial charge on any atom is 0.264 e. The molecule has 0 aliphatic rings. The van der Waals surface area contributed by atoms with Gasteiger partial charge in [0.1, 0.15) is 12.6 Å². The first-order chi connectivity index (χ1) is 18.0. The van der Waals surface area contributed by atoms with Crippen LogP contribution in [0.2, 0.25) is 0 Å². The number of aryl methyl sites for hydroxylation is 2. The van der Waals surface area contributed by atoms with Gasteiger partial charge in [-0.05, 0) is 63.4 Å². The fourth-order valence-corrected chi connectivity index (χ4v) is 5.51. The molecule has 0 unspecified atom stereocenters.